The van der Waals surface area contributed by atoms with Gasteiger partial charge in [-0.15, -0.1) is 0 Å². The van der Waals surface area contributed by atoms with Crippen LogP contribution in [0.4, 0.5) is 13.2 Å². The van der Waals surface area contributed by atoms with Gasteiger partial charge in [0.25, 0.3) is 5.56 Å². The molecular weight excluding hydrogens is 431 g/mol. The highest BCUT2D eigenvalue weighted by Gasteiger charge is 2.30. The van der Waals surface area contributed by atoms with Crippen LogP contribution in [0.3, 0.4) is 0 Å². The molecule has 4 aromatic rings. The Kier molecular flexibility index (Phi) is 6.00. The van der Waals surface area contributed by atoms with E-state index in [-0.39, 0.29) is 17.5 Å². The number of ether oxygens (including phenoxy) is 1. The van der Waals surface area contributed by atoms with Crippen LogP contribution >= 0.6 is 0 Å². The zero-order valence-corrected chi connectivity index (χ0v) is 17.9. The largest absolute Gasteiger partial charge is 0.491 e. The number of rotatable bonds is 5. The van der Waals surface area contributed by atoms with Gasteiger partial charge in [-0.1, -0.05) is 24.3 Å². The first-order valence-corrected chi connectivity index (χ1v) is 10.2. The Balaban J connectivity index is 1.83. The molecule has 0 spiro atoms. The molecule has 0 radical (unpaired) electrons. The van der Waals surface area contributed by atoms with Crippen LogP contribution in [0.15, 0.2) is 82.7 Å². The summed E-state index contributed by atoms with van der Waals surface area (Å²) in [6.07, 6.45) is -3.04. The Morgan fingerprint density at radius 2 is 1.73 bits per heavy atom. The minimum Gasteiger partial charge on any atom is -0.491 e. The fourth-order valence-electron chi connectivity index (χ4n) is 3.28. The molecule has 0 amide bonds. The highest BCUT2D eigenvalue weighted by molar-refractivity contribution is 5.82. The van der Waals surface area contributed by atoms with Crippen molar-refractivity contribution in [3.63, 3.8) is 0 Å². The summed E-state index contributed by atoms with van der Waals surface area (Å²) >= 11 is 0. The number of hydrogen-bond donors (Lipinski definition) is 0. The molecule has 5 nitrogen and oxygen atoms in total. The molecule has 0 unspecified atom stereocenters. The zero-order valence-electron chi connectivity index (χ0n) is 17.9. The third-order valence-electron chi connectivity index (χ3n) is 4.78. The molecule has 8 heteroatoms. The molecule has 0 aliphatic carbocycles. The van der Waals surface area contributed by atoms with Gasteiger partial charge in [0.05, 0.1) is 28.8 Å². The van der Waals surface area contributed by atoms with Crippen molar-refractivity contribution >= 4 is 17.1 Å². The van der Waals surface area contributed by atoms with E-state index in [0.717, 1.165) is 16.8 Å². The van der Waals surface area contributed by atoms with Crippen molar-refractivity contribution in [3.8, 4) is 17.1 Å². The molecule has 0 atom stereocenters. The molecule has 0 saturated carbocycles. The second-order valence-electron chi connectivity index (χ2n) is 7.63. The first kappa shape index (κ1) is 22.3. The average Bonchev–Trinajstić information content (AvgIpc) is 2.78. The third kappa shape index (κ3) is 4.95. The Hall–Kier alpha value is -3.94. The van der Waals surface area contributed by atoms with Crippen molar-refractivity contribution < 1.29 is 17.9 Å². The molecule has 0 aliphatic heterocycles. The minimum absolute atomic E-state index is 0.0146. The molecule has 0 saturated heterocycles. The summed E-state index contributed by atoms with van der Waals surface area (Å²) in [7, 11) is 0. The van der Waals surface area contributed by atoms with Gasteiger partial charge in [0, 0.05) is 5.56 Å². The lowest BCUT2D eigenvalue weighted by molar-refractivity contribution is -0.137. The Bertz CT molecular complexity index is 1370. The van der Waals surface area contributed by atoms with Gasteiger partial charge in [0.2, 0.25) is 0 Å². The molecule has 168 valence electrons. The van der Waals surface area contributed by atoms with Crippen molar-refractivity contribution in [1.29, 1.82) is 0 Å². The molecule has 0 N–H and O–H groups in total. The van der Waals surface area contributed by atoms with Gasteiger partial charge in [-0.3, -0.25) is 4.79 Å². The first-order valence-electron chi connectivity index (χ1n) is 10.2. The summed E-state index contributed by atoms with van der Waals surface area (Å²) in [5.41, 5.74) is -0.133. The number of halogens is 3. The van der Waals surface area contributed by atoms with Gasteiger partial charge in [-0.05, 0) is 67.9 Å². The number of aromatic nitrogens is 2. The maximum absolute atomic E-state index is 13.3. The summed E-state index contributed by atoms with van der Waals surface area (Å²) in [5.74, 6) is 0.706. The summed E-state index contributed by atoms with van der Waals surface area (Å²) in [6.45, 7) is 3.84. The summed E-state index contributed by atoms with van der Waals surface area (Å²) in [4.78, 5) is 17.6. The van der Waals surface area contributed by atoms with Crippen LogP contribution in [-0.2, 0) is 6.18 Å². The number of hydrogen-bond acceptors (Lipinski definition) is 4. The van der Waals surface area contributed by atoms with Crippen LogP contribution < -0.4 is 10.3 Å². The number of benzene rings is 3. The summed E-state index contributed by atoms with van der Waals surface area (Å²) in [5, 5.41) is 4.59. The van der Waals surface area contributed by atoms with Crippen molar-refractivity contribution in [2.24, 2.45) is 5.10 Å². The highest BCUT2D eigenvalue weighted by Crippen LogP contribution is 2.31. The Morgan fingerprint density at radius 3 is 2.42 bits per heavy atom. The molecule has 0 bridgehead atoms. The average molecular weight is 451 g/mol. The van der Waals surface area contributed by atoms with E-state index >= 15 is 0 Å². The van der Waals surface area contributed by atoms with Gasteiger partial charge < -0.3 is 4.74 Å². The predicted octanol–water partition coefficient (Wildman–Crippen LogP) is 5.75. The smallest absolute Gasteiger partial charge is 0.416 e. The molecule has 33 heavy (non-hydrogen) atoms. The predicted molar refractivity (Wildman–Crippen MR) is 122 cm³/mol. The fourth-order valence-corrected chi connectivity index (χ4v) is 3.28. The molecular formula is C25H20F3N3O2. The number of alkyl halides is 3. The lowest BCUT2D eigenvalue weighted by Crippen LogP contribution is -2.20. The quantitative estimate of drug-likeness (QED) is 0.363. The lowest BCUT2D eigenvalue weighted by Gasteiger charge is -2.12. The normalized spacial score (nSPS) is 12.1. The standard InChI is InChI=1S/C25H20F3N3O2/c1-16(2)33-20-12-10-17(11-13-20)15-29-31-23(18-6-5-7-19(14-18)25(26,27)28)30-22-9-4-3-8-21(22)24(31)32/h3-16H,1-2H3. The van der Waals surface area contributed by atoms with E-state index in [1.54, 1.807) is 48.5 Å². The highest BCUT2D eigenvalue weighted by atomic mass is 19.4. The first-order chi connectivity index (χ1) is 15.7. The van der Waals surface area contributed by atoms with Gasteiger partial charge in [-0.2, -0.15) is 22.9 Å². The minimum atomic E-state index is -4.53. The lowest BCUT2D eigenvalue weighted by atomic mass is 10.1. The number of para-hydroxylation sites is 1. The third-order valence-corrected chi connectivity index (χ3v) is 4.78. The summed E-state index contributed by atoms with van der Waals surface area (Å²) < 4.78 is 46.4. The molecule has 1 aromatic heterocycles. The number of fused-ring (bicyclic) bond motifs is 1. The van der Waals surface area contributed by atoms with Crippen molar-refractivity contribution in [2.75, 3.05) is 0 Å². The van der Waals surface area contributed by atoms with Crippen molar-refractivity contribution in [2.45, 2.75) is 26.1 Å². The van der Waals surface area contributed by atoms with Gasteiger partial charge >= 0.3 is 6.18 Å². The van der Waals surface area contributed by atoms with Crippen molar-refractivity contribution in [3.05, 3.63) is 94.3 Å². The van der Waals surface area contributed by atoms with E-state index in [2.05, 4.69) is 10.1 Å². The van der Waals surface area contributed by atoms with E-state index in [4.69, 9.17) is 4.74 Å². The molecule has 3 aromatic carbocycles. The number of nitrogens with zero attached hydrogens (tertiary/aromatic N) is 3. The maximum Gasteiger partial charge on any atom is 0.416 e. The van der Waals surface area contributed by atoms with Crippen LogP contribution in [-0.4, -0.2) is 22.0 Å². The van der Waals surface area contributed by atoms with Crippen LogP contribution in [0.25, 0.3) is 22.3 Å². The van der Waals surface area contributed by atoms with Gasteiger partial charge in [0.15, 0.2) is 5.82 Å². The van der Waals surface area contributed by atoms with Crippen LogP contribution in [0, 0.1) is 0 Å². The Morgan fingerprint density at radius 1 is 1.00 bits per heavy atom. The van der Waals surface area contributed by atoms with Crippen LogP contribution in [0.2, 0.25) is 0 Å². The molecule has 4 rings (SSSR count). The van der Waals surface area contributed by atoms with Crippen LogP contribution in [0.5, 0.6) is 5.75 Å². The second kappa shape index (κ2) is 8.90. The second-order valence-corrected chi connectivity index (χ2v) is 7.63. The topological polar surface area (TPSA) is 56.5 Å². The fraction of sp³-hybridized carbons (Fsp3) is 0.160. The molecule has 0 aliphatic rings. The summed E-state index contributed by atoms with van der Waals surface area (Å²) in [6, 6.07) is 18.4. The van der Waals surface area contributed by atoms with Crippen LogP contribution in [0.1, 0.15) is 25.0 Å². The van der Waals surface area contributed by atoms with Crippen molar-refractivity contribution in [1.82, 2.24) is 9.66 Å². The monoisotopic (exact) mass is 451 g/mol. The van der Waals surface area contributed by atoms with E-state index in [9.17, 15) is 18.0 Å². The van der Waals surface area contributed by atoms with Gasteiger partial charge in [0.1, 0.15) is 5.75 Å². The maximum atomic E-state index is 13.3. The van der Waals surface area contributed by atoms with E-state index in [1.807, 2.05) is 13.8 Å². The zero-order chi connectivity index (χ0) is 23.6. The Labute approximate surface area is 187 Å². The molecule has 1 heterocycles. The van der Waals surface area contributed by atoms with Gasteiger partial charge in [-0.25, -0.2) is 4.98 Å². The SMILES string of the molecule is CC(C)Oc1ccc(C=Nn2c(-c3cccc(C(F)(F)F)c3)nc3ccccc3c2=O)cc1. The van der Waals surface area contributed by atoms with E-state index in [1.165, 1.54) is 18.3 Å². The molecule has 0 fully saturated rings. The van der Waals surface area contributed by atoms with E-state index in [0.29, 0.717) is 22.2 Å². The van der Waals surface area contributed by atoms with E-state index < -0.39 is 17.3 Å².